The molecule has 0 spiro atoms. The summed E-state index contributed by atoms with van der Waals surface area (Å²) < 4.78 is 6.73. The number of rotatable bonds is 10. The molecule has 5 nitrogen and oxygen atoms in total. The van der Waals surface area contributed by atoms with Crippen LogP contribution < -0.4 is 10.1 Å². The van der Waals surface area contributed by atoms with Crippen molar-refractivity contribution in [3.05, 3.63) is 64.1 Å². The molecule has 2 amide bonds. The Bertz CT molecular complexity index is 910. The summed E-state index contributed by atoms with van der Waals surface area (Å²) in [4.78, 5) is 27.9. The molecule has 1 saturated carbocycles. The SMILES string of the molecule is Cc1ccc(OCCCC(=O)N(Cc2cccc(Br)c2)[C@H](C)C(=O)NC2CCCCC2)cc1. The second-order valence-corrected chi connectivity index (χ2v) is 9.85. The summed E-state index contributed by atoms with van der Waals surface area (Å²) in [6, 6.07) is 15.5. The number of carbonyl (C=O) groups excluding carboxylic acids is 2. The maximum atomic E-state index is 13.2. The molecule has 0 aliphatic heterocycles. The number of hydrogen-bond acceptors (Lipinski definition) is 3. The van der Waals surface area contributed by atoms with Gasteiger partial charge in [-0.15, -0.1) is 0 Å². The van der Waals surface area contributed by atoms with E-state index in [4.69, 9.17) is 4.74 Å². The maximum Gasteiger partial charge on any atom is 0.242 e. The van der Waals surface area contributed by atoms with Gasteiger partial charge in [0.15, 0.2) is 0 Å². The van der Waals surface area contributed by atoms with Crippen LogP contribution in [0.25, 0.3) is 0 Å². The fourth-order valence-electron chi connectivity index (χ4n) is 4.17. The number of halogens is 1. The van der Waals surface area contributed by atoms with Crippen LogP contribution in [0.2, 0.25) is 0 Å². The van der Waals surface area contributed by atoms with Gasteiger partial charge in [-0.1, -0.05) is 65.0 Å². The second-order valence-electron chi connectivity index (χ2n) is 8.94. The number of ether oxygens (including phenoxy) is 1. The van der Waals surface area contributed by atoms with E-state index in [2.05, 4.69) is 21.2 Å². The third-order valence-electron chi connectivity index (χ3n) is 6.19. The highest BCUT2D eigenvalue weighted by atomic mass is 79.9. The van der Waals surface area contributed by atoms with Crippen molar-refractivity contribution in [3.8, 4) is 5.75 Å². The summed E-state index contributed by atoms with van der Waals surface area (Å²) in [6.45, 7) is 4.73. The number of hydrogen-bond donors (Lipinski definition) is 1. The average molecular weight is 515 g/mol. The van der Waals surface area contributed by atoms with Gasteiger partial charge in [-0.3, -0.25) is 9.59 Å². The fourth-order valence-corrected chi connectivity index (χ4v) is 4.62. The third kappa shape index (κ3) is 8.18. The first-order valence-corrected chi connectivity index (χ1v) is 12.8. The fraction of sp³-hybridized carbons (Fsp3) is 0.481. The largest absolute Gasteiger partial charge is 0.494 e. The van der Waals surface area contributed by atoms with E-state index in [1.54, 1.807) is 4.90 Å². The molecule has 1 fully saturated rings. The summed E-state index contributed by atoms with van der Waals surface area (Å²) in [5.74, 6) is 0.703. The molecule has 1 N–H and O–H groups in total. The molecular weight excluding hydrogens is 480 g/mol. The lowest BCUT2D eigenvalue weighted by Crippen LogP contribution is -2.50. The van der Waals surface area contributed by atoms with Crippen LogP contribution >= 0.6 is 15.9 Å². The van der Waals surface area contributed by atoms with Crippen molar-refractivity contribution in [3.63, 3.8) is 0 Å². The van der Waals surface area contributed by atoms with Gasteiger partial charge in [0, 0.05) is 23.5 Å². The van der Waals surface area contributed by atoms with Gasteiger partial charge < -0.3 is 15.0 Å². The second kappa shape index (κ2) is 12.8. The van der Waals surface area contributed by atoms with Gasteiger partial charge >= 0.3 is 0 Å². The lowest BCUT2D eigenvalue weighted by atomic mass is 9.95. The van der Waals surface area contributed by atoms with Crippen LogP contribution in [0.4, 0.5) is 0 Å². The molecule has 6 heteroatoms. The van der Waals surface area contributed by atoms with Crippen molar-refractivity contribution in [1.29, 1.82) is 0 Å². The minimum absolute atomic E-state index is 0.0335. The molecule has 2 aromatic rings. The molecule has 178 valence electrons. The van der Waals surface area contributed by atoms with Crippen LogP contribution in [0.5, 0.6) is 5.75 Å². The van der Waals surface area contributed by atoms with Crippen LogP contribution in [0.1, 0.15) is 63.0 Å². The lowest BCUT2D eigenvalue weighted by Gasteiger charge is -2.31. The summed E-state index contributed by atoms with van der Waals surface area (Å²) in [5, 5.41) is 3.18. The Morgan fingerprint density at radius 1 is 1.12 bits per heavy atom. The molecule has 1 aliphatic carbocycles. The van der Waals surface area contributed by atoms with Crippen LogP contribution in [0.15, 0.2) is 53.0 Å². The van der Waals surface area contributed by atoms with E-state index in [0.29, 0.717) is 26.0 Å². The number of amides is 2. The van der Waals surface area contributed by atoms with E-state index >= 15 is 0 Å². The van der Waals surface area contributed by atoms with Gasteiger partial charge in [0.25, 0.3) is 0 Å². The van der Waals surface area contributed by atoms with Gasteiger partial charge in [0.05, 0.1) is 6.61 Å². The first-order valence-electron chi connectivity index (χ1n) is 12.0. The Morgan fingerprint density at radius 3 is 2.55 bits per heavy atom. The van der Waals surface area contributed by atoms with E-state index in [1.807, 2.05) is 62.4 Å². The van der Waals surface area contributed by atoms with Gasteiger partial charge in [-0.2, -0.15) is 0 Å². The smallest absolute Gasteiger partial charge is 0.242 e. The number of carbonyl (C=O) groups is 2. The highest BCUT2D eigenvalue weighted by Crippen LogP contribution is 2.20. The van der Waals surface area contributed by atoms with Crippen molar-refractivity contribution in [2.75, 3.05) is 6.61 Å². The standard InChI is InChI=1S/C27H35BrN2O3/c1-20-13-15-25(16-14-20)33-17-7-12-26(31)30(19-22-8-6-9-23(28)18-22)21(2)27(32)29-24-10-4-3-5-11-24/h6,8-9,13-16,18,21,24H,3-5,7,10-12,17,19H2,1-2H3,(H,29,32)/t21-/m1/s1. The normalized spacial score (nSPS) is 15.0. The minimum atomic E-state index is -0.531. The molecule has 0 unspecified atom stereocenters. The summed E-state index contributed by atoms with van der Waals surface area (Å²) in [6.07, 6.45) is 6.52. The Labute approximate surface area is 206 Å². The summed E-state index contributed by atoms with van der Waals surface area (Å²) in [7, 11) is 0. The molecule has 0 bridgehead atoms. The van der Waals surface area contributed by atoms with E-state index in [0.717, 1.165) is 41.5 Å². The van der Waals surface area contributed by atoms with Crippen LogP contribution in [0.3, 0.4) is 0 Å². The number of benzene rings is 2. The van der Waals surface area contributed by atoms with Crippen LogP contribution in [-0.4, -0.2) is 35.4 Å². The van der Waals surface area contributed by atoms with Crippen LogP contribution in [0, 0.1) is 6.92 Å². The van der Waals surface area contributed by atoms with Crippen molar-refractivity contribution < 1.29 is 14.3 Å². The van der Waals surface area contributed by atoms with Gasteiger partial charge in [0.1, 0.15) is 11.8 Å². The van der Waals surface area contributed by atoms with Gasteiger partial charge in [-0.05, 0) is 62.9 Å². The molecule has 33 heavy (non-hydrogen) atoms. The van der Waals surface area contributed by atoms with Gasteiger partial charge in [0.2, 0.25) is 11.8 Å². The topological polar surface area (TPSA) is 58.6 Å². The third-order valence-corrected chi connectivity index (χ3v) is 6.68. The molecule has 0 aromatic heterocycles. The molecule has 0 heterocycles. The highest BCUT2D eigenvalue weighted by molar-refractivity contribution is 9.10. The predicted molar refractivity (Wildman–Crippen MR) is 135 cm³/mol. The highest BCUT2D eigenvalue weighted by Gasteiger charge is 2.27. The monoisotopic (exact) mass is 514 g/mol. The minimum Gasteiger partial charge on any atom is -0.494 e. The first kappa shape index (κ1) is 25.3. The summed E-state index contributed by atoms with van der Waals surface area (Å²) in [5.41, 5.74) is 2.17. The number of aryl methyl sites for hydroxylation is 1. The predicted octanol–water partition coefficient (Wildman–Crippen LogP) is 5.78. The zero-order valence-corrected chi connectivity index (χ0v) is 21.3. The molecule has 1 aliphatic rings. The Morgan fingerprint density at radius 2 is 1.85 bits per heavy atom. The Balaban J connectivity index is 1.60. The number of nitrogens with one attached hydrogen (secondary N) is 1. The molecule has 3 rings (SSSR count). The summed E-state index contributed by atoms with van der Waals surface area (Å²) >= 11 is 3.50. The average Bonchev–Trinajstić information content (AvgIpc) is 2.81. The zero-order chi connectivity index (χ0) is 23.6. The maximum absolute atomic E-state index is 13.2. The quantitative estimate of drug-likeness (QED) is 0.408. The van der Waals surface area contributed by atoms with E-state index in [-0.39, 0.29) is 17.9 Å². The van der Waals surface area contributed by atoms with Crippen molar-refractivity contribution in [2.24, 2.45) is 0 Å². The molecule has 0 radical (unpaired) electrons. The van der Waals surface area contributed by atoms with E-state index < -0.39 is 6.04 Å². The van der Waals surface area contributed by atoms with Crippen molar-refractivity contribution >= 4 is 27.7 Å². The first-order chi connectivity index (χ1) is 15.9. The van der Waals surface area contributed by atoms with Crippen molar-refractivity contribution in [1.82, 2.24) is 10.2 Å². The number of nitrogens with zero attached hydrogens (tertiary/aromatic N) is 1. The van der Waals surface area contributed by atoms with Crippen molar-refractivity contribution in [2.45, 2.75) is 77.4 Å². The molecule has 1 atom stereocenters. The molecule has 2 aromatic carbocycles. The van der Waals surface area contributed by atoms with Crippen LogP contribution in [-0.2, 0) is 16.1 Å². The Hall–Kier alpha value is -2.34. The van der Waals surface area contributed by atoms with E-state index in [9.17, 15) is 9.59 Å². The molecular formula is C27H35BrN2O3. The zero-order valence-electron chi connectivity index (χ0n) is 19.7. The lowest BCUT2D eigenvalue weighted by molar-refractivity contribution is -0.141. The van der Waals surface area contributed by atoms with E-state index in [1.165, 1.54) is 12.0 Å². The molecule has 0 saturated heterocycles. The Kier molecular flexibility index (Phi) is 9.79. The van der Waals surface area contributed by atoms with Gasteiger partial charge in [-0.25, -0.2) is 0 Å².